The van der Waals surface area contributed by atoms with E-state index in [1.165, 1.54) is 23.9 Å². The van der Waals surface area contributed by atoms with Crippen LogP contribution in [0.3, 0.4) is 0 Å². The summed E-state index contributed by atoms with van der Waals surface area (Å²) in [5.74, 6) is 2.78. The largest absolute Gasteiger partial charge is 0.461 e. The SMILES string of the molecule is CCn1c(SCc2ncc(-c3ccc(F)cc3)o2)nnc1-c1ccco1. The summed E-state index contributed by atoms with van der Waals surface area (Å²) >= 11 is 1.49. The van der Waals surface area contributed by atoms with Crippen molar-refractivity contribution in [2.24, 2.45) is 0 Å². The second kappa shape index (κ2) is 7.17. The zero-order valence-corrected chi connectivity index (χ0v) is 14.7. The first-order valence-corrected chi connectivity index (χ1v) is 9.03. The van der Waals surface area contributed by atoms with Gasteiger partial charge in [0.1, 0.15) is 5.82 Å². The van der Waals surface area contributed by atoms with Crippen LogP contribution in [0.25, 0.3) is 22.9 Å². The van der Waals surface area contributed by atoms with Crippen molar-refractivity contribution in [2.45, 2.75) is 24.4 Å². The number of nitrogens with zero attached hydrogens (tertiary/aromatic N) is 4. The van der Waals surface area contributed by atoms with E-state index in [0.29, 0.717) is 29.0 Å². The van der Waals surface area contributed by atoms with E-state index in [1.807, 2.05) is 23.6 Å². The van der Waals surface area contributed by atoms with Gasteiger partial charge in [0, 0.05) is 12.1 Å². The summed E-state index contributed by atoms with van der Waals surface area (Å²) in [6.45, 7) is 2.75. The summed E-state index contributed by atoms with van der Waals surface area (Å²) in [5, 5.41) is 9.22. The zero-order chi connectivity index (χ0) is 17.9. The summed E-state index contributed by atoms with van der Waals surface area (Å²) in [5.41, 5.74) is 0.784. The molecule has 0 bridgehead atoms. The van der Waals surface area contributed by atoms with Crippen molar-refractivity contribution < 1.29 is 13.2 Å². The van der Waals surface area contributed by atoms with Crippen LogP contribution in [0.5, 0.6) is 0 Å². The number of thioether (sulfide) groups is 1. The standard InChI is InChI=1S/C18H15FN4O2S/c1-2-23-17(14-4-3-9-24-14)21-22-18(23)26-11-16-20-10-15(25-16)12-5-7-13(19)8-6-12/h3-10H,2,11H2,1H3. The molecule has 3 heterocycles. The first-order valence-electron chi connectivity index (χ1n) is 8.05. The quantitative estimate of drug-likeness (QED) is 0.460. The number of oxazole rings is 1. The van der Waals surface area contributed by atoms with Gasteiger partial charge in [0.15, 0.2) is 22.5 Å². The molecule has 0 aliphatic carbocycles. The minimum absolute atomic E-state index is 0.282. The van der Waals surface area contributed by atoms with Gasteiger partial charge in [0.05, 0.1) is 18.2 Å². The minimum Gasteiger partial charge on any atom is -0.461 e. The van der Waals surface area contributed by atoms with Gasteiger partial charge in [-0.25, -0.2) is 9.37 Å². The Labute approximate surface area is 153 Å². The third-order valence-corrected chi connectivity index (χ3v) is 4.73. The molecule has 8 heteroatoms. The molecule has 0 spiro atoms. The van der Waals surface area contributed by atoms with Crippen LogP contribution in [0.4, 0.5) is 4.39 Å². The van der Waals surface area contributed by atoms with E-state index in [0.717, 1.165) is 17.3 Å². The third-order valence-electron chi connectivity index (χ3n) is 3.78. The highest BCUT2D eigenvalue weighted by Gasteiger charge is 2.16. The molecule has 132 valence electrons. The van der Waals surface area contributed by atoms with Gasteiger partial charge in [-0.1, -0.05) is 11.8 Å². The van der Waals surface area contributed by atoms with E-state index in [-0.39, 0.29) is 5.82 Å². The van der Waals surface area contributed by atoms with Crippen LogP contribution < -0.4 is 0 Å². The molecule has 4 aromatic rings. The monoisotopic (exact) mass is 370 g/mol. The summed E-state index contributed by atoms with van der Waals surface area (Å²) < 4.78 is 26.2. The van der Waals surface area contributed by atoms with Crippen LogP contribution in [0, 0.1) is 5.82 Å². The van der Waals surface area contributed by atoms with Crippen LogP contribution in [0.15, 0.2) is 62.8 Å². The lowest BCUT2D eigenvalue weighted by Crippen LogP contribution is -1.99. The van der Waals surface area contributed by atoms with Gasteiger partial charge in [0.25, 0.3) is 0 Å². The smallest absolute Gasteiger partial charge is 0.205 e. The third kappa shape index (κ3) is 3.28. The average Bonchev–Trinajstić information content (AvgIpc) is 3.40. The molecule has 0 radical (unpaired) electrons. The van der Waals surface area contributed by atoms with Crippen molar-refractivity contribution in [2.75, 3.05) is 0 Å². The van der Waals surface area contributed by atoms with Gasteiger partial charge in [-0.2, -0.15) is 0 Å². The van der Waals surface area contributed by atoms with Gasteiger partial charge in [-0.3, -0.25) is 4.57 Å². The fourth-order valence-corrected chi connectivity index (χ4v) is 3.38. The van der Waals surface area contributed by atoms with E-state index in [1.54, 1.807) is 24.6 Å². The maximum absolute atomic E-state index is 13.0. The van der Waals surface area contributed by atoms with Crippen molar-refractivity contribution in [1.29, 1.82) is 0 Å². The van der Waals surface area contributed by atoms with Crippen LogP contribution in [0.2, 0.25) is 0 Å². The van der Waals surface area contributed by atoms with Gasteiger partial charge in [-0.05, 0) is 43.3 Å². The predicted octanol–water partition coefficient (Wildman–Crippen LogP) is 4.64. The maximum atomic E-state index is 13.0. The van der Waals surface area contributed by atoms with Crippen molar-refractivity contribution in [3.63, 3.8) is 0 Å². The van der Waals surface area contributed by atoms with E-state index in [4.69, 9.17) is 8.83 Å². The molecule has 3 aromatic heterocycles. The van der Waals surface area contributed by atoms with E-state index in [2.05, 4.69) is 15.2 Å². The van der Waals surface area contributed by atoms with E-state index < -0.39 is 0 Å². The number of benzene rings is 1. The second-order valence-corrected chi connectivity index (χ2v) is 6.38. The van der Waals surface area contributed by atoms with Gasteiger partial charge >= 0.3 is 0 Å². The lowest BCUT2D eigenvalue weighted by Gasteiger charge is -2.04. The van der Waals surface area contributed by atoms with Crippen LogP contribution in [-0.4, -0.2) is 19.7 Å². The molecule has 4 rings (SSSR count). The Morgan fingerprint density at radius 1 is 1.12 bits per heavy atom. The molecule has 0 amide bonds. The lowest BCUT2D eigenvalue weighted by atomic mass is 10.2. The summed E-state index contributed by atoms with van der Waals surface area (Å²) in [4.78, 5) is 4.29. The Bertz CT molecular complexity index is 993. The molecule has 0 aliphatic heterocycles. The van der Waals surface area contributed by atoms with Crippen molar-refractivity contribution in [1.82, 2.24) is 19.7 Å². The van der Waals surface area contributed by atoms with Crippen molar-refractivity contribution in [3.8, 4) is 22.9 Å². The number of aromatic nitrogens is 4. The lowest BCUT2D eigenvalue weighted by molar-refractivity contribution is 0.529. The molecular formula is C18H15FN4O2S. The number of hydrogen-bond donors (Lipinski definition) is 0. The molecular weight excluding hydrogens is 355 g/mol. The molecule has 0 saturated carbocycles. The first-order chi connectivity index (χ1) is 12.7. The molecule has 0 aliphatic rings. The Morgan fingerprint density at radius 2 is 1.96 bits per heavy atom. The summed E-state index contributed by atoms with van der Waals surface area (Å²) in [6, 6.07) is 9.79. The number of furan rings is 1. The van der Waals surface area contributed by atoms with Crippen molar-refractivity contribution in [3.05, 3.63) is 60.6 Å². The van der Waals surface area contributed by atoms with Crippen LogP contribution in [-0.2, 0) is 12.3 Å². The van der Waals surface area contributed by atoms with Crippen LogP contribution in [0.1, 0.15) is 12.8 Å². The number of hydrogen-bond acceptors (Lipinski definition) is 6. The highest BCUT2D eigenvalue weighted by atomic mass is 32.2. The maximum Gasteiger partial charge on any atom is 0.205 e. The van der Waals surface area contributed by atoms with Gasteiger partial charge < -0.3 is 8.83 Å². The molecule has 0 saturated heterocycles. The van der Waals surface area contributed by atoms with Gasteiger partial charge in [-0.15, -0.1) is 10.2 Å². The average molecular weight is 370 g/mol. The molecule has 26 heavy (non-hydrogen) atoms. The molecule has 0 atom stereocenters. The molecule has 1 aromatic carbocycles. The number of rotatable bonds is 6. The minimum atomic E-state index is -0.282. The Kier molecular flexibility index (Phi) is 4.57. The van der Waals surface area contributed by atoms with Crippen LogP contribution >= 0.6 is 11.8 Å². The predicted molar refractivity (Wildman–Crippen MR) is 94.9 cm³/mol. The Balaban J connectivity index is 1.49. The molecule has 0 unspecified atom stereocenters. The van der Waals surface area contributed by atoms with E-state index >= 15 is 0 Å². The van der Waals surface area contributed by atoms with Crippen molar-refractivity contribution >= 4 is 11.8 Å². The fraction of sp³-hybridized carbons (Fsp3) is 0.167. The highest BCUT2D eigenvalue weighted by molar-refractivity contribution is 7.98. The highest BCUT2D eigenvalue weighted by Crippen LogP contribution is 2.28. The summed E-state index contributed by atoms with van der Waals surface area (Å²) in [6.07, 6.45) is 3.25. The second-order valence-electron chi connectivity index (χ2n) is 5.44. The van der Waals surface area contributed by atoms with E-state index in [9.17, 15) is 4.39 Å². The Hall–Kier alpha value is -2.87. The topological polar surface area (TPSA) is 69.9 Å². The Morgan fingerprint density at radius 3 is 2.69 bits per heavy atom. The summed E-state index contributed by atoms with van der Waals surface area (Å²) in [7, 11) is 0. The zero-order valence-electron chi connectivity index (χ0n) is 13.9. The molecule has 0 fully saturated rings. The molecule has 6 nitrogen and oxygen atoms in total. The van der Waals surface area contributed by atoms with Gasteiger partial charge in [0.2, 0.25) is 5.89 Å². The fourth-order valence-electron chi connectivity index (χ4n) is 2.52. The first kappa shape index (κ1) is 16.6. The normalized spacial score (nSPS) is 11.2. The molecule has 0 N–H and O–H groups in total. The number of halogens is 1.